The number of rotatable bonds is 6. The van der Waals surface area contributed by atoms with Crippen LogP contribution in [0, 0.1) is 0 Å². The van der Waals surface area contributed by atoms with E-state index in [-0.39, 0.29) is 5.69 Å². The van der Waals surface area contributed by atoms with E-state index in [9.17, 15) is 4.79 Å². The van der Waals surface area contributed by atoms with E-state index in [4.69, 9.17) is 0 Å². The third-order valence-corrected chi connectivity index (χ3v) is 1.98. The molecule has 1 rings (SSSR count). The summed E-state index contributed by atoms with van der Waals surface area (Å²) in [6, 6.07) is 1.74. The van der Waals surface area contributed by atoms with Crippen LogP contribution in [0.3, 0.4) is 0 Å². The first-order valence-electron chi connectivity index (χ1n) is 5.13. The Labute approximate surface area is 89.7 Å². The Morgan fingerprint density at radius 1 is 1.67 bits per heavy atom. The van der Waals surface area contributed by atoms with Crippen molar-refractivity contribution < 1.29 is 0 Å². The number of aromatic nitrogens is 2. The van der Waals surface area contributed by atoms with Crippen LogP contribution in [0.4, 0.5) is 0 Å². The molecule has 1 N–H and O–H groups in total. The summed E-state index contributed by atoms with van der Waals surface area (Å²) in [4.78, 5) is 14.9. The second kappa shape index (κ2) is 6.14. The van der Waals surface area contributed by atoms with Crippen molar-refractivity contribution >= 4 is 0 Å². The van der Waals surface area contributed by atoms with Gasteiger partial charge in [-0.25, -0.2) is 9.78 Å². The van der Waals surface area contributed by atoms with E-state index in [1.807, 2.05) is 0 Å². The molecule has 82 valence electrons. The highest BCUT2D eigenvalue weighted by atomic mass is 16.1. The molecule has 0 aliphatic carbocycles. The lowest BCUT2D eigenvalue weighted by molar-refractivity contribution is 0.654. The topological polar surface area (TPSA) is 46.9 Å². The Hall–Kier alpha value is -1.42. The quantitative estimate of drug-likeness (QED) is 0.554. The third-order valence-electron chi connectivity index (χ3n) is 1.98. The molecule has 0 atom stereocenters. The largest absolute Gasteiger partial charge is 0.347 e. The van der Waals surface area contributed by atoms with Crippen molar-refractivity contribution in [3.8, 4) is 0 Å². The maximum Gasteiger partial charge on any atom is 0.347 e. The van der Waals surface area contributed by atoms with Crippen LogP contribution in [0.25, 0.3) is 0 Å². The molecular formula is C11H17N3O. The first kappa shape index (κ1) is 11.7. The molecule has 0 saturated heterocycles. The average molecular weight is 207 g/mol. The van der Waals surface area contributed by atoms with Gasteiger partial charge in [0, 0.05) is 25.5 Å². The van der Waals surface area contributed by atoms with Gasteiger partial charge in [0.2, 0.25) is 0 Å². The Kier molecular flexibility index (Phi) is 4.77. The summed E-state index contributed by atoms with van der Waals surface area (Å²) in [5.41, 5.74) is 0.757. The molecule has 0 aliphatic heterocycles. The normalized spacial score (nSPS) is 10.2. The molecule has 4 nitrogen and oxygen atoms in total. The van der Waals surface area contributed by atoms with E-state index >= 15 is 0 Å². The molecule has 0 unspecified atom stereocenters. The van der Waals surface area contributed by atoms with Crippen LogP contribution in [0.2, 0.25) is 0 Å². The van der Waals surface area contributed by atoms with Crippen molar-refractivity contribution in [1.29, 1.82) is 0 Å². The minimum absolute atomic E-state index is 0.228. The maximum atomic E-state index is 11.3. The van der Waals surface area contributed by atoms with Crippen LogP contribution in [0.15, 0.2) is 35.4 Å². The minimum Gasteiger partial charge on any atom is -0.313 e. The van der Waals surface area contributed by atoms with Crippen LogP contribution in [-0.2, 0) is 6.54 Å². The molecule has 0 fully saturated rings. The lowest BCUT2D eigenvalue weighted by Gasteiger charge is -2.08. The molecular weight excluding hydrogens is 190 g/mol. The number of hydrogen-bond donors (Lipinski definition) is 1. The van der Waals surface area contributed by atoms with Crippen molar-refractivity contribution in [1.82, 2.24) is 14.9 Å². The molecule has 0 bridgehead atoms. The third kappa shape index (κ3) is 4.08. The standard InChI is InChI=1S/C11H17N3O/c1-3-5-12-8-10(2)9-14-7-4-6-13-11(14)15/h4,6-7,12H,2-3,5,8-9H2,1H3. The lowest BCUT2D eigenvalue weighted by atomic mass is 10.3. The van der Waals surface area contributed by atoms with Gasteiger partial charge in [-0.1, -0.05) is 13.5 Å². The summed E-state index contributed by atoms with van der Waals surface area (Å²) in [6.07, 6.45) is 4.32. The van der Waals surface area contributed by atoms with Crippen LogP contribution < -0.4 is 11.0 Å². The van der Waals surface area contributed by atoms with Gasteiger partial charge in [-0.2, -0.15) is 0 Å². The molecule has 0 saturated carbocycles. The molecule has 15 heavy (non-hydrogen) atoms. The van der Waals surface area contributed by atoms with E-state index in [0.717, 1.165) is 25.1 Å². The van der Waals surface area contributed by atoms with Crippen LogP contribution in [0.5, 0.6) is 0 Å². The monoisotopic (exact) mass is 207 g/mol. The Bertz CT molecular complexity index is 370. The summed E-state index contributed by atoms with van der Waals surface area (Å²) in [5, 5.41) is 3.24. The predicted octanol–water partition coefficient (Wildman–Crippen LogP) is 0.799. The van der Waals surface area contributed by atoms with Crippen LogP contribution in [0.1, 0.15) is 13.3 Å². The van der Waals surface area contributed by atoms with Crippen molar-refractivity contribution in [2.24, 2.45) is 0 Å². The fourth-order valence-electron chi connectivity index (χ4n) is 1.25. The van der Waals surface area contributed by atoms with Gasteiger partial charge >= 0.3 is 5.69 Å². The van der Waals surface area contributed by atoms with E-state index in [1.165, 1.54) is 6.20 Å². The predicted molar refractivity (Wildman–Crippen MR) is 60.8 cm³/mol. The van der Waals surface area contributed by atoms with Crippen molar-refractivity contribution in [3.63, 3.8) is 0 Å². The van der Waals surface area contributed by atoms with Gasteiger partial charge in [-0.15, -0.1) is 0 Å². The summed E-state index contributed by atoms with van der Waals surface area (Å²) in [6.45, 7) is 8.27. The van der Waals surface area contributed by atoms with E-state index < -0.39 is 0 Å². The first-order chi connectivity index (χ1) is 7.24. The Morgan fingerprint density at radius 2 is 2.47 bits per heavy atom. The van der Waals surface area contributed by atoms with Gasteiger partial charge < -0.3 is 5.32 Å². The zero-order chi connectivity index (χ0) is 11.1. The minimum atomic E-state index is -0.228. The highest BCUT2D eigenvalue weighted by Crippen LogP contribution is 1.92. The molecule has 0 spiro atoms. The van der Waals surface area contributed by atoms with Gasteiger partial charge in [-0.3, -0.25) is 4.57 Å². The van der Waals surface area contributed by atoms with E-state index in [2.05, 4.69) is 23.8 Å². The molecule has 0 radical (unpaired) electrons. The Morgan fingerprint density at radius 3 is 3.13 bits per heavy atom. The van der Waals surface area contributed by atoms with Crippen molar-refractivity contribution in [3.05, 3.63) is 41.1 Å². The molecule has 1 aromatic heterocycles. The lowest BCUT2D eigenvalue weighted by Crippen LogP contribution is -2.25. The van der Waals surface area contributed by atoms with Crippen LogP contribution >= 0.6 is 0 Å². The second-order valence-corrected chi connectivity index (χ2v) is 3.46. The molecule has 1 heterocycles. The summed E-state index contributed by atoms with van der Waals surface area (Å²) in [5.74, 6) is 0. The van der Waals surface area contributed by atoms with Gasteiger partial charge in [-0.05, 0) is 24.6 Å². The summed E-state index contributed by atoms with van der Waals surface area (Å²) < 4.78 is 1.55. The summed E-state index contributed by atoms with van der Waals surface area (Å²) >= 11 is 0. The van der Waals surface area contributed by atoms with Gasteiger partial charge in [0.15, 0.2) is 0 Å². The summed E-state index contributed by atoms with van der Waals surface area (Å²) in [7, 11) is 0. The molecule has 0 aliphatic rings. The van der Waals surface area contributed by atoms with Gasteiger partial charge in [0.25, 0.3) is 0 Å². The van der Waals surface area contributed by atoms with Gasteiger partial charge in [0.05, 0.1) is 0 Å². The van der Waals surface area contributed by atoms with Crippen molar-refractivity contribution in [2.45, 2.75) is 19.9 Å². The van der Waals surface area contributed by atoms with E-state index in [0.29, 0.717) is 6.54 Å². The fourth-order valence-corrected chi connectivity index (χ4v) is 1.25. The number of nitrogens with one attached hydrogen (secondary N) is 1. The first-order valence-corrected chi connectivity index (χ1v) is 5.13. The smallest absolute Gasteiger partial charge is 0.313 e. The highest BCUT2D eigenvalue weighted by molar-refractivity contribution is 4.98. The molecule has 1 aromatic rings. The zero-order valence-electron chi connectivity index (χ0n) is 9.07. The van der Waals surface area contributed by atoms with Crippen LogP contribution in [-0.4, -0.2) is 22.6 Å². The zero-order valence-corrected chi connectivity index (χ0v) is 9.07. The second-order valence-electron chi connectivity index (χ2n) is 3.46. The molecule has 0 aromatic carbocycles. The molecule has 4 heteroatoms. The maximum absolute atomic E-state index is 11.3. The molecule has 0 amide bonds. The number of hydrogen-bond acceptors (Lipinski definition) is 3. The fraction of sp³-hybridized carbons (Fsp3) is 0.455. The average Bonchev–Trinajstić information content (AvgIpc) is 2.22. The highest BCUT2D eigenvalue weighted by Gasteiger charge is 1.98. The Balaban J connectivity index is 2.45. The SMILES string of the molecule is C=C(CNCCC)Cn1cccnc1=O. The van der Waals surface area contributed by atoms with E-state index in [1.54, 1.807) is 16.8 Å². The van der Waals surface area contributed by atoms with Crippen molar-refractivity contribution in [2.75, 3.05) is 13.1 Å². The number of nitrogens with zero attached hydrogens (tertiary/aromatic N) is 2. The van der Waals surface area contributed by atoms with Gasteiger partial charge in [0.1, 0.15) is 0 Å².